The number of benzene rings is 3. The molecule has 3 aromatic rings. The van der Waals surface area contributed by atoms with Crippen LogP contribution in [0.1, 0.15) is 54.1 Å². The minimum absolute atomic E-state index is 0.0000281. The quantitative estimate of drug-likeness (QED) is 0.260. The summed E-state index contributed by atoms with van der Waals surface area (Å²) in [6, 6.07) is 21.3. The Labute approximate surface area is 197 Å². The molecule has 174 valence electrons. The molecule has 0 aromatic heterocycles. The number of rotatable bonds is 8. The van der Waals surface area contributed by atoms with Gasteiger partial charge in [-0.15, -0.1) is 5.48 Å². The summed E-state index contributed by atoms with van der Waals surface area (Å²) in [7, 11) is 0. The smallest absolute Gasteiger partial charge is 0.327 e. The van der Waals surface area contributed by atoms with Crippen LogP contribution in [0.3, 0.4) is 0 Å². The summed E-state index contributed by atoms with van der Waals surface area (Å²) in [5.41, 5.74) is 4.90. The Hall–Kier alpha value is -3.84. The van der Waals surface area contributed by atoms with Crippen LogP contribution in [-0.4, -0.2) is 16.7 Å². The van der Waals surface area contributed by atoms with Gasteiger partial charge in [0.2, 0.25) is 0 Å². The molecule has 1 fully saturated rings. The number of nitrogens with one attached hydrogen (secondary N) is 1. The van der Waals surface area contributed by atoms with E-state index in [1.807, 2.05) is 18.2 Å². The fourth-order valence-electron chi connectivity index (χ4n) is 4.31. The van der Waals surface area contributed by atoms with Gasteiger partial charge in [-0.05, 0) is 30.0 Å². The minimum atomic E-state index is -0.870. The molecule has 0 bridgehead atoms. The van der Waals surface area contributed by atoms with Crippen molar-refractivity contribution in [2.24, 2.45) is 5.92 Å². The van der Waals surface area contributed by atoms with Crippen LogP contribution in [0, 0.1) is 16.0 Å². The summed E-state index contributed by atoms with van der Waals surface area (Å²) in [6.07, 6.45) is 4.75. The molecule has 0 saturated heterocycles. The van der Waals surface area contributed by atoms with E-state index in [2.05, 4.69) is 5.48 Å². The van der Waals surface area contributed by atoms with Gasteiger partial charge in [-0.3, -0.25) is 19.7 Å². The summed E-state index contributed by atoms with van der Waals surface area (Å²) in [6.45, 7) is 0. The number of nitro groups is 1. The van der Waals surface area contributed by atoms with Crippen LogP contribution in [0.2, 0.25) is 0 Å². The molecule has 1 N–H and O–H groups in total. The van der Waals surface area contributed by atoms with Crippen LogP contribution >= 0.6 is 0 Å². The lowest BCUT2D eigenvalue weighted by atomic mass is 9.89. The normalized spacial score (nSPS) is 14.8. The number of Topliss-reactive ketones (excluding diaryl/α,β-unsaturated/α-hetero) is 1. The van der Waals surface area contributed by atoms with Gasteiger partial charge in [-0.25, -0.2) is 0 Å². The highest BCUT2D eigenvalue weighted by molar-refractivity contribution is 6.01. The van der Waals surface area contributed by atoms with E-state index in [-0.39, 0.29) is 23.4 Å². The Morgan fingerprint density at radius 2 is 1.53 bits per heavy atom. The maximum Gasteiger partial charge on any atom is 0.327 e. The van der Waals surface area contributed by atoms with Crippen molar-refractivity contribution in [1.29, 1.82) is 0 Å². The lowest BCUT2D eigenvalue weighted by molar-refractivity contribution is -0.384. The second-order valence-corrected chi connectivity index (χ2v) is 8.43. The molecule has 0 radical (unpaired) electrons. The summed E-state index contributed by atoms with van der Waals surface area (Å²) in [5, 5.41) is 11.4. The summed E-state index contributed by atoms with van der Waals surface area (Å²) < 4.78 is 0. The van der Waals surface area contributed by atoms with Crippen molar-refractivity contribution >= 4 is 17.4 Å². The van der Waals surface area contributed by atoms with Crippen LogP contribution < -0.4 is 5.48 Å². The van der Waals surface area contributed by atoms with Crippen molar-refractivity contribution in [2.75, 3.05) is 0 Å². The number of carbonyl (C=O) groups excluding carboxylic acids is 2. The third-order valence-corrected chi connectivity index (χ3v) is 6.19. The highest BCUT2D eigenvalue weighted by Crippen LogP contribution is 2.30. The van der Waals surface area contributed by atoms with Gasteiger partial charge in [-0.2, -0.15) is 0 Å². The van der Waals surface area contributed by atoms with Gasteiger partial charge < -0.3 is 4.84 Å². The third-order valence-electron chi connectivity index (χ3n) is 6.19. The molecule has 0 aliphatic heterocycles. The number of carbonyl (C=O) groups is 2. The predicted molar refractivity (Wildman–Crippen MR) is 128 cm³/mol. The van der Waals surface area contributed by atoms with Crippen LogP contribution in [-0.2, 0) is 9.63 Å². The number of nitro benzene ring substituents is 1. The zero-order chi connectivity index (χ0) is 23.9. The maximum atomic E-state index is 13.4. The number of hydrogen-bond donors (Lipinski definition) is 1. The Bertz CT molecular complexity index is 1160. The van der Waals surface area contributed by atoms with Gasteiger partial charge >= 0.3 is 5.97 Å². The monoisotopic (exact) mass is 458 g/mol. The van der Waals surface area contributed by atoms with Gasteiger partial charge in [-0.1, -0.05) is 86.0 Å². The van der Waals surface area contributed by atoms with Crippen molar-refractivity contribution < 1.29 is 19.3 Å². The second kappa shape index (κ2) is 10.9. The van der Waals surface area contributed by atoms with Crippen molar-refractivity contribution in [2.45, 2.75) is 38.1 Å². The first kappa shape index (κ1) is 23.3. The molecular formula is C27H26N2O5. The molecule has 4 rings (SSSR count). The fourth-order valence-corrected chi connectivity index (χ4v) is 4.31. The van der Waals surface area contributed by atoms with Crippen molar-refractivity contribution in [1.82, 2.24) is 5.48 Å². The van der Waals surface area contributed by atoms with E-state index in [0.717, 1.165) is 32.1 Å². The number of nitrogens with zero attached hydrogens (tertiary/aromatic N) is 1. The standard InChI is InChI=1S/C27H26N2O5/c30-26(21-17-15-19(16-18-21)23-13-7-8-14-24(23)29(32)33)25(20-9-3-1-4-10-20)28-34-27(31)22-11-5-2-6-12-22/h1,3-4,7-10,13-18,22,25,28H,2,5-6,11-12H2. The maximum absolute atomic E-state index is 13.4. The topological polar surface area (TPSA) is 98.5 Å². The Kier molecular flexibility index (Phi) is 7.44. The Morgan fingerprint density at radius 1 is 0.882 bits per heavy atom. The Balaban J connectivity index is 1.54. The van der Waals surface area contributed by atoms with Gasteiger partial charge in [0.05, 0.1) is 16.4 Å². The van der Waals surface area contributed by atoms with Crippen molar-refractivity contribution in [3.8, 4) is 11.1 Å². The van der Waals surface area contributed by atoms with Crippen LogP contribution in [0.15, 0.2) is 78.9 Å². The van der Waals surface area contributed by atoms with E-state index in [0.29, 0.717) is 22.3 Å². The van der Waals surface area contributed by atoms with E-state index in [1.165, 1.54) is 6.07 Å². The summed E-state index contributed by atoms with van der Waals surface area (Å²) >= 11 is 0. The zero-order valence-electron chi connectivity index (χ0n) is 18.7. The second-order valence-electron chi connectivity index (χ2n) is 8.43. The molecule has 7 nitrogen and oxygen atoms in total. The molecule has 1 aliphatic carbocycles. The Morgan fingerprint density at radius 3 is 2.21 bits per heavy atom. The largest absolute Gasteiger partial charge is 0.369 e. The molecule has 7 heteroatoms. The highest BCUT2D eigenvalue weighted by Gasteiger charge is 2.27. The molecular weight excluding hydrogens is 432 g/mol. The zero-order valence-corrected chi connectivity index (χ0v) is 18.7. The SMILES string of the molecule is O=C(ONC(C(=O)c1ccc(-c2ccccc2[N+](=O)[O-])cc1)c1ccccc1)C1CCCCC1. The van der Waals surface area contributed by atoms with Crippen LogP contribution in [0.4, 0.5) is 5.69 Å². The number of hydrogen-bond acceptors (Lipinski definition) is 6. The molecule has 1 saturated carbocycles. The number of para-hydroxylation sites is 1. The minimum Gasteiger partial charge on any atom is -0.369 e. The molecule has 34 heavy (non-hydrogen) atoms. The predicted octanol–water partition coefficient (Wildman–Crippen LogP) is 5.81. The van der Waals surface area contributed by atoms with E-state index in [9.17, 15) is 19.7 Å². The summed E-state index contributed by atoms with van der Waals surface area (Å²) in [5.74, 6) is -0.745. The van der Waals surface area contributed by atoms with Gasteiger partial charge in [0.1, 0.15) is 6.04 Å². The summed E-state index contributed by atoms with van der Waals surface area (Å²) in [4.78, 5) is 42.2. The number of ketones is 1. The first-order valence-corrected chi connectivity index (χ1v) is 11.4. The van der Waals surface area contributed by atoms with Gasteiger partial charge in [0.25, 0.3) is 5.69 Å². The van der Waals surface area contributed by atoms with Gasteiger partial charge in [0.15, 0.2) is 5.78 Å². The highest BCUT2D eigenvalue weighted by atomic mass is 16.7. The first-order valence-electron chi connectivity index (χ1n) is 11.4. The average molecular weight is 459 g/mol. The fraction of sp³-hybridized carbons (Fsp3) is 0.259. The molecule has 1 atom stereocenters. The molecule has 3 aromatic carbocycles. The van der Waals surface area contributed by atoms with E-state index in [1.54, 1.807) is 54.6 Å². The third kappa shape index (κ3) is 5.38. The number of hydroxylamine groups is 1. The molecule has 0 spiro atoms. The van der Waals surface area contributed by atoms with E-state index < -0.39 is 11.0 Å². The average Bonchev–Trinajstić information content (AvgIpc) is 2.89. The molecule has 1 aliphatic rings. The van der Waals surface area contributed by atoms with Crippen LogP contribution in [0.25, 0.3) is 11.1 Å². The van der Waals surface area contributed by atoms with E-state index >= 15 is 0 Å². The lowest BCUT2D eigenvalue weighted by Gasteiger charge is -2.22. The molecule has 0 heterocycles. The first-order chi connectivity index (χ1) is 16.5. The van der Waals surface area contributed by atoms with Gasteiger partial charge in [0, 0.05) is 11.6 Å². The van der Waals surface area contributed by atoms with E-state index in [4.69, 9.17) is 4.84 Å². The van der Waals surface area contributed by atoms with Crippen LogP contribution in [0.5, 0.6) is 0 Å². The van der Waals surface area contributed by atoms with Crippen molar-refractivity contribution in [3.63, 3.8) is 0 Å². The van der Waals surface area contributed by atoms with Crippen molar-refractivity contribution in [3.05, 3.63) is 100 Å². The molecule has 1 unspecified atom stereocenters. The molecule has 0 amide bonds. The lowest BCUT2D eigenvalue weighted by Crippen LogP contribution is -2.34.